The molecular formula is C20H21N3OS. The molecule has 0 radical (unpaired) electrons. The number of methoxy groups -OCH3 is 1. The van der Waals surface area contributed by atoms with E-state index in [1.54, 1.807) is 7.11 Å². The van der Waals surface area contributed by atoms with Gasteiger partial charge in [-0.3, -0.25) is 9.76 Å². The Morgan fingerprint density at radius 2 is 2.00 bits per heavy atom. The van der Waals surface area contributed by atoms with Gasteiger partial charge in [-0.25, -0.2) is 4.31 Å². The second-order valence-electron chi connectivity index (χ2n) is 6.32. The number of hydrogen-bond donors (Lipinski definition) is 1. The molecule has 4 nitrogen and oxygen atoms in total. The van der Waals surface area contributed by atoms with Gasteiger partial charge in [-0.15, -0.1) is 0 Å². The third-order valence-electron chi connectivity index (χ3n) is 4.83. The van der Waals surface area contributed by atoms with Crippen LogP contribution in [-0.2, 0) is 23.8 Å². The van der Waals surface area contributed by atoms with Crippen molar-refractivity contribution in [3.63, 3.8) is 0 Å². The summed E-state index contributed by atoms with van der Waals surface area (Å²) in [6.07, 6.45) is 4.86. The van der Waals surface area contributed by atoms with E-state index in [2.05, 4.69) is 39.6 Å². The highest BCUT2D eigenvalue weighted by molar-refractivity contribution is 7.82. The molecule has 1 aliphatic heterocycles. The van der Waals surface area contributed by atoms with Gasteiger partial charge in [0.05, 0.1) is 12.6 Å². The Bertz CT molecular complexity index is 970. The second kappa shape index (κ2) is 6.58. The number of hydrogen-bond acceptors (Lipinski definition) is 3. The van der Waals surface area contributed by atoms with Crippen molar-refractivity contribution in [3.05, 3.63) is 59.8 Å². The summed E-state index contributed by atoms with van der Waals surface area (Å²) in [6, 6.07) is 14.8. The maximum Gasteiger partial charge on any atom is 0.121 e. The Hall–Kier alpha value is -2.24. The van der Waals surface area contributed by atoms with Crippen LogP contribution in [-0.4, -0.2) is 29.2 Å². The molecule has 4 rings (SSSR count). The molecule has 1 atom stereocenters. The smallest absolute Gasteiger partial charge is 0.121 e. The minimum Gasteiger partial charge on any atom is -0.497 e. The molecule has 1 N–H and O–H groups in total. The minimum absolute atomic E-state index is 0.427. The molecule has 2 aromatic carbocycles. The first kappa shape index (κ1) is 16.2. The van der Waals surface area contributed by atoms with Gasteiger partial charge in [0.15, 0.2) is 0 Å². The average molecular weight is 351 g/mol. The number of ether oxygens (including phenoxy) is 1. The molecule has 0 aliphatic carbocycles. The Kier molecular flexibility index (Phi) is 4.27. The summed E-state index contributed by atoms with van der Waals surface area (Å²) >= 11 is 0. The first-order chi connectivity index (χ1) is 12.2. The lowest BCUT2D eigenvalue weighted by molar-refractivity contribution is 0.415. The predicted octanol–water partition coefficient (Wildman–Crippen LogP) is 4.19. The highest BCUT2D eigenvalue weighted by Gasteiger charge is 2.18. The van der Waals surface area contributed by atoms with Crippen LogP contribution in [0.1, 0.15) is 11.1 Å². The Morgan fingerprint density at radius 3 is 2.80 bits per heavy atom. The quantitative estimate of drug-likeness (QED) is 0.769. The van der Waals surface area contributed by atoms with Gasteiger partial charge in [0.1, 0.15) is 5.75 Å². The van der Waals surface area contributed by atoms with Crippen molar-refractivity contribution in [2.45, 2.75) is 13.0 Å². The summed E-state index contributed by atoms with van der Waals surface area (Å²) in [5.74, 6) is 0.823. The molecule has 1 aromatic heterocycles. The van der Waals surface area contributed by atoms with Crippen molar-refractivity contribution in [1.29, 1.82) is 4.78 Å². The van der Waals surface area contributed by atoms with Crippen molar-refractivity contribution in [3.8, 4) is 16.9 Å². The third-order valence-corrected chi connectivity index (χ3v) is 5.92. The molecule has 1 unspecified atom stereocenters. The molecule has 0 saturated carbocycles. The number of rotatable bonds is 3. The van der Waals surface area contributed by atoms with Gasteiger partial charge >= 0.3 is 0 Å². The zero-order valence-corrected chi connectivity index (χ0v) is 15.3. The molecule has 3 aromatic rings. The molecule has 0 amide bonds. The molecule has 0 bridgehead atoms. The van der Waals surface area contributed by atoms with Gasteiger partial charge < -0.3 is 4.74 Å². The topological polar surface area (TPSA) is 49.2 Å². The summed E-state index contributed by atoms with van der Waals surface area (Å²) in [5, 5.41) is 1.13. The molecule has 128 valence electrons. The van der Waals surface area contributed by atoms with Crippen LogP contribution < -0.4 is 4.74 Å². The van der Waals surface area contributed by atoms with Crippen molar-refractivity contribution in [2.75, 3.05) is 19.9 Å². The molecule has 2 heterocycles. The number of benzene rings is 2. The highest BCUT2D eigenvalue weighted by Crippen LogP contribution is 2.32. The van der Waals surface area contributed by atoms with Gasteiger partial charge in [-0.2, -0.15) is 0 Å². The zero-order chi connectivity index (χ0) is 17.4. The second-order valence-corrected chi connectivity index (χ2v) is 7.79. The lowest BCUT2D eigenvalue weighted by atomic mass is 9.94. The van der Waals surface area contributed by atoms with Gasteiger partial charge in [-0.05, 0) is 63.8 Å². The maximum absolute atomic E-state index is 8.01. The fourth-order valence-corrected chi connectivity index (χ4v) is 4.14. The summed E-state index contributed by atoms with van der Waals surface area (Å²) < 4.78 is 15.6. The van der Waals surface area contributed by atoms with E-state index in [4.69, 9.17) is 9.52 Å². The van der Waals surface area contributed by atoms with E-state index in [1.807, 2.05) is 24.6 Å². The molecule has 5 heteroatoms. The number of fused-ring (bicyclic) bond motifs is 2. The fourth-order valence-electron chi connectivity index (χ4n) is 3.44. The van der Waals surface area contributed by atoms with Gasteiger partial charge in [0, 0.05) is 37.0 Å². The van der Waals surface area contributed by atoms with Crippen LogP contribution >= 0.6 is 0 Å². The van der Waals surface area contributed by atoms with E-state index in [9.17, 15) is 0 Å². The lowest BCUT2D eigenvalue weighted by Gasteiger charge is -2.28. The van der Waals surface area contributed by atoms with E-state index in [0.717, 1.165) is 36.2 Å². The van der Waals surface area contributed by atoms with E-state index < -0.39 is 10.9 Å². The molecule has 0 saturated heterocycles. The van der Waals surface area contributed by atoms with Crippen molar-refractivity contribution in [1.82, 2.24) is 9.29 Å². The van der Waals surface area contributed by atoms with E-state index in [0.29, 0.717) is 0 Å². The SMILES string of the molecule is COc1ccc2c(-c3ccc4c(c3)CN(S(C)=N)CC4)ccnc2c1. The van der Waals surface area contributed by atoms with Crippen LogP contribution in [0.5, 0.6) is 5.75 Å². The van der Waals surface area contributed by atoms with Crippen LogP contribution in [0, 0.1) is 4.78 Å². The van der Waals surface area contributed by atoms with Crippen LogP contribution in [0.4, 0.5) is 0 Å². The molecule has 1 aliphatic rings. The van der Waals surface area contributed by atoms with Crippen LogP contribution in [0.3, 0.4) is 0 Å². The molecule has 25 heavy (non-hydrogen) atoms. The normalized spacial score (nSPS) is 15.8. The number of aromatic nitrogens is 1. The average Bonchev–Trinajstić information content (AvgIpc) is 2.66. The van der Waals surface area contributed by atoms with Crippen LogP contribution in [0.15, 0.2) is 48.7 Å². The Balaban J connectivity index is 1.79. The third kappa shape index (κ3) is 3.05. The fraction of sp³-hybridized carbons (Fsp3) is 0.250. The first-order valence-electron chi connectivity index (χ1n) is 8.33. The van der Waals surface area contributed by atoms with E-state index >= 15 is 0 Å². The van der Waals surface area contributed by atoms with Crippen LogP contribution in [0.2, 0.25) is 0 Å². The molecular weight excluding hydrogens is 330 g/mol. The van der Waals surface area contributed by atoms with E-state index in [-0.39, 0.29) is 0 Å². The van der Waals surface area contributed by atoms with Gasteiger partial charge in [0.2, 0.25) is 0 Å². The number of nitrogens with one attached hydrogen (secondary N) is 1. The zero-order valence-electron chi connectivity index (χ0n) is 14.5. The molecule has 0 spiro atoms. The number of nitrogens with zero attached hydrogens (tertiary/aromatic N) is 2. The first-order valence-corrected chi connectivity index (χ1v) is 9.92. The maximum atomic E-state index is 8.01. The Labute approximate surface area is 150 Å². The van der Waals surface area contributed by atoms with E-state index in [1.165, 1.54) is 22.3 Å². The van der Waals surface area contributed by atoms with Crippen molar-refractivity contribution in [2.24, 2.45) is 0 Å². The summed E-state index contributed by atoms with van der Waals surface area (Å²) in [4.78, 5) is 4.49. The van der Waals surface area contributed by atoms with Gasteiger partial charge in [0.25, 0.3) is 0 Å². The lowest BCUT2D eigenvalue weighted by Crippen LogP contribution is -2.30. The largest absolute Gasteiger partial charge is 0.497 e. The standard InChI is InChI=1S/C20H21N3OS/c1-24-17-5-6-19-18(7-9-22-20(19)12-17)15-4-3-14-8-10-23(25(2)21)13-16(14)11-15/h3-7,9,11-12,21H,8,10,13H2,1-2H3. The van der Waals surface area contributed by atoms with Crippen molar-refractivity contribution < 1.29 is 4.74 Å². The highest BCUT2D eigenvalue weighted by atomic mass is 32.2. The summed E-state index contributed by atoms with van der Waals surface area (Å²) in [6.45, 7) is 1.84. The molecule has 0 fully saturated rings. The van der Waals surface area contributed by atoms with Crippen molar-refractivity contribution >= 4 is 21.8 Å². The monoisotopic (exact) mass is 351 g/mol. The number of pyridine rings is 1. The minimum atomic E-state index is -0.427. The van der Waals surface area contributed by atoms with Gasteiger partial charge in [-0.1, -0.05) is 12.1 Å². The predicted molar refractivity (Wildman–Crippen MR) is 104 cm³/mol. The summed E-state index contributed by atoms with van der Waals surface area (Å²) in [5.41, 5.74) is 6.09. The Morgan fingerprint density at radius 1 is 1.12 bits per heavy atom. The van der Waals surface area contributed by atoms with Crippen LogP contribution in [0.25, 0.3) is 22.0 Å². The summed E-state index contributed by atoms with van der Waals surface area (Å²) in [7, 11) is 1.25.